The van der Waals surface area contributed by atoms with E-state index in [9.17, 15) is 27.0 Å². The van der Waals surface area contributed by atoms with E-state index in [0.717, 1.165) is 7.11 Å². The quantitative estimate of drug-likeness (QED) is 0.357. The molecule has 1 aliphatic heterocycles. The standard InChI is InChI=1S/C7H14O12S2/c1-16-7-5(9)4(8)6(19-21(13,14)15)3(18-7)2-17-20(10,11)12/h3-9H,2H2,1H3,(H,10,11,12)(H,13,14,15)/t3-,4-,5-,6-,7-/m1/s1. The highest BCUT2D eigenvalue weighted by atomic mass is 32.3. The van der Waals surface area contributed by atoms with Gasteiger partial charge in [-0.15, -0.1) is 0 Å². The number of methoxy groups -OCH3 is 1. The molecule has 0 aliphatic carbocycles. The first kappa shape index (κ1) is 18.6. The molecule has 5 atom stereocenters. The fourth-order valence-corrected chi connectivity index (χ4v) is 2.47. The molecule has 0 saturated carbocycles. The Kier molecular flexibility index (Phi) is 6.01. The van der Waals surface area contributed by atoms with Crippen LogP contribution in [0.3, 0.4) is 0 Å². The first-order chi connectivity index (χ1) is 9.44. The third-order valence-electron chi connectivity index (χ3n) is 2.49. The molecule has 12 nitrogen and oxygen atoms in total. The van der Waals surface area contributed by atoms with E-state index in [1.807, 2.05) is 0 Å². The number of hydrogen-bond acceptors (Lipinski definition) is 10. The highest BCUT2D eigenvalue weighted by molar-refractivity contribution is 7.81. The molecule has 0 unspecified atom stereocenters. The maximum Gasteiger partial charge on any atom is 0.397 e. The Hall–Kier alpha value is -0.420. The summed E-state index contributed by atoms with van der Waals surface area (Å²) >= 11 is 0. The third-order valence-corrected chi connectivity index (χ3v) is 3.39. The minimum atomic E-state index is -5.05. The van der Waals surface area contributed by atoms with E-state index in [-0.39, 0.29) is 0 Å². The molecule has 0 aromatic rings. The third kappa shape index (κ3) is 5.70. The lowest BCUT2D eigenvalue weighted by atomic mass is 9.99. The summed E-state index contributed by atoms with van der Waals surface area (Å²) in [6.07, 6.45) is -8.61. The van der Waals surface area contributed by atoms with Crippen molar-refractivity contribution in [1.29, 1.82) is 0 Å². The molecule has 4 N–H and O–H groups in total. The number of ether oxygens (including phenoxy) is 2. The average Bonchev–Trinajstić information content (AvgIpc) is 2.31. The average molecular weight is 354 g/mol. The van der Waals surface area contributed by atoms with Gasteiger partial charge in [-0.1, -0.05) is 0 Å². The topological polar surface area (TPSA) is 186 Å². The Bertz CT molecular complexity index is 540. The summed E-state index contributed by atoms with van der Waals surface area (Å²) in [6.45, 7) is -0.970. The molecule has 0 aromatic heterocycles. The van der Waals surface area contributed by atoms with Gasteiger partial charge < -0.3 is 19.7 Å². The Morgan fingerprint density at radius 3 is 2.05 bits per heavy atom. The first-order valence-corrected chi connectivity index (χ1v) is 7.99. The highest BCUT2D eigenvalue weighted by Gasteiger charge is 2.47. The summed E-state index contributed by atoms with van der Waals surface area (Å²) < 4.78 is 77.1. The minimum absolute atomic E-state index is 0.970. The van der Waals surface area contributed by atoms with Crippen molar-refractivity contribution in [3.05, 3.63) is 0 Å². The Labute approximate surface area is 120 Å². The van der Waals surface area contributed by atoms with Crippen LogP contribution in [0.1, 0.15) is 0 Å². The van der Waals surface area contributed by atoms with Gasteiger partial charge in [0.15, 0.2) is 6.29 Å². The van der Waals surface area contributed by atoms with Crippen LogP contribution < -0.4 is 0 Å². The van der Waals surface area contributed by atoms with Gasteiger partial charge in [-0.3, -0.25) is 9.11 Å². The molecule has 1 aliphatic rings. The molecule has 21 heavy (non-hydrogen) atoms. The molecule has 1 saturated heterocycles. The van der Waals surface area contributed by atoms with Gasteiger partial charge in [0.25, 0.3) is 0 Å². The lowest BCUT2D eigenvalue weighted by Crippen LogP contribution is -2.60. The fourth-order valence-electron chi connectivity index (χ4n) is 1.65. The molecule has 1 heterocycles. The smallest absolute Gasteiger partial charge is 0.387 e. The summed E-state index contributed by atoms with van der Waals surface area (Å²) in [7, 11) is -8.84. The van der Waals surface area contributed by atoms with Gasteiger partial charge in [-0.05, 0) is 0 Å². The fraction of sp³-hybridized carbons (Fsp3) is 1.00. The van der Waals surface area contributed by atoms with Crippen LogP contribution in [0.25, 0.3) is 0 Å². The zero-order chi connectivity index (χ0) is 16.4. The summed E-state index contributed by atoms with van der Waals surface area (Å²) in [6, 6.07) is 0. The predicted octanol–water partition coefficient (Wildman–Crippen LogP) is -2.91. The van der Waals surface area contributed by atoms with Gasteiger partial charge in [0.2, 0.25) is 0 Å². The monoisotopic (exact) mass is 354 g/mol. The van der Waals surface area contributed by atoms with Crippen molar-refractivity contribution in [3.63, 3.8) is 0 Å². The van der Waals surface area contributed by atoms with Crippen molar-refractivity contribution in [3.8, 4) is 0 Å². The van der Waals surface area contributed by atoms with E-state index >= 15 is 0 Å². The normalized spacial score (nSPS) is 34.8. The predicted molar refractivity (Wildman–Crippen MR) is 61.6 cm³/mol. The second kappa shape index (κ2) is 6.78. The van der Waals surface area contributed by atoms with Crippen LogP contribution in [0.4, 0.5) is 0 Å². The maximum absolute atomic E-state index is 10.7. The molecule has 0 amide bonds. The van der Waals surface area contributed by atoms with Crippen molar-refractivity contribution in [2.75, 3.05) is 13.7 Å². The number of hydrogen-bond donors (Lipinski definition) is 4. The molecule has 0 bridgehead atoms. The molecule has 0 aromatic carbocycles. The Morgan fingerprint density at radius 1 is 1.05 bits per heavy atom. The molecule has 0 radical (unpaired) electrons. The van der Waals surface area contributed by atoms with Crippen LogP contribution in [-0.2, 0) is 38.6 Å². The van der Waals surface area contributed by atoms with Crippen LogP contribution in [0, 0.1) is 0 Å². The van der Waals surface area contributed by atoms with Gasteiger partial charge in [0.05, 0.1) is 6.61 Å². The summed E-state index contributed by atoms with van der Waals surface area (Å²) in [5.74, 6) is 0. The molecular formula is C7H14O12S2. The maximum atomic E-state index is 10.7. The zero-order valence-electron chi connectivity index (χ0n) is 10.5. The number of aliphatic hydroxyl groups is 2. The van der Waals surface area contributed by atoms with Gasteiger partial charge in [-0.2, -0.15) is 16.8 Å². The van der Waals surface area contributed by atoms with Crippen molar-refractivity contribution in [2.24, 2.45) is 0 Å². The minimum Gasteiger partial charge on any atom is -0.387 e. The van der Waals surface area contributed by atoms with Gasteiger partial charge >= 0.3 is 20.8 Å². The van der Waals surface area contributed by atoms with Crippen LogP contribution in [-0.4, -0.2) is 80.6 Å². The van der Waals surface area contributed by atoms with E-state index in [2.05, 4.69) is 13.1 Å². The second-order valence-corrected chi connectivity index (χ2v) is 6.10. The van der Waals surface area contributed by atoms with Crippen molar-refractivity contribution >= 4 is 20.8 Å². The number of rotatable bonds is 6. The lowest BCUT2D eigenvalue weighted by molar-refractivity contribution is -0.289. The largest absolute Gasteiger partial charge is 0.397 e. The van der Waals surface area contributed by atoms with E-state index < -0.39 is 58.1 Å². The molecular weight excluding hydrogens is 340 g/mol. The van der Waals surface area contributed by atoms with Crippen molar-refractivity contribution in [2.45, 2.75) is 30.7 Å². The molecule has 0 spiro atoms. The Morgan fingerprint density at radius 2 is 1.62 bits per heavy atom. The van der Waals surface area contributed by atoms with Crippen LogP contribution in [0.2, 0.25) is 0 Å². The van der Waals surface area contributed by atoms with Crippen molar-refractivity contribution in [1.82, 2.24) is 0 Å². The zero-order valence-corrected chi connectivity index (χ0v) is 12.1. The van der Waals surface area contributed by atoms with E-state index in [1.54, 1.807) is 0 Å². The molecule has 1 rings (SSSR count). The van der Waals surface area contributed by atoms with Crippen LogP contribution in [0.15, 0.2) is 0 Å². The number of aliphatic hydroxyl groups excluding tert-OH is 2. The summed E-state index contributed by atoms with van der Waals surface area (Å²) in [5, 5.41) is 19.3. The van der Waals surface area contributed by atoms with Crippen molar-refractivity contribution < 1.29 is 54.0 Å². The van der Waals surface area contributed by atoms with Gasteiger partial charge in [0.1, 0.15) is 24.4 Å². The molecule has 1 fully saturated rings. The van der Waals surface area contributed by atoms with Crippen LogP contribution >= 0.6 is 0 Å². The highest BCUT2D eigenvalue weighted by Crippen LogP contribution is 2.25. The lowest BCUT2D eigenvalue weighted by Gasteiger charge is -2.40. The molecule has 126 valence electrons. The summed E-state index contributed by atoms with van der Waals surface area (Å²) in [4.78, 5) is 0. The summed E-state index contributed by atoms with van der Waals surface area (Å²) in [5.41, 5.74) is 0. The van der Waals surface area contributed by atoms with E-state index in [1.165, 1.54) is 0 Å². The first-order valence-electron chi connectivity index (χ1n) is 5.26. The second-order valence-electron chi connectivity index (χ2n) is 3.96. The van der Waals surface area contributed by atoms with Gasteiger partial charge in [-0.25, -0.2) is 8.37 Å². The Balaban J connectivity index is 2.95. The van der Waals surface area contributed by atoms with E-state index in [0.29, 0.717) is 0 Å². The SMILES string of the molecule is CO[C@@H]1O[C@H](COS(=O)(=O)O)[C@@H](OS(=O)(=O)O)[C@H](O)[C@H]1O. The van der Waals surface area contributed by atoms with Crippen LogP contribution in [0.5, 0.6) is 0 Å². The van der Waals surface area contributed by atoms with E-state index in [4.69, 9.17) is 13.8 Å². The van der Waals surface area contributed by atoms with Gasteiger partial charge in [0, 0.05) is 7.11 Å². The molecule has 14 heteroatoms.